The summed E-state index contributed by atoms with van der Waals surface area (Å²) in [5.41, 5.74) is 0. The van der Waals surface area contributed by atoms with Crippen LogP contribution in [0.3, 0.4) is 0 Å². The number of carbonyl (C=O) groups excluding carboxylic acids is 2. The molecule has 0 spiro atoms. The van der Waals surface area contributed by atoms with Gasteiger partial charge in [0.25, 0.3) is 0 Å². The molecule has 3 atom stereocenters. The van der Waals surface area contributed by atoms with Crippen molar-refractivity contribution in [2.24, 2.45) is 0 Å². The van der Waals surface area contributed by atoms with Crippen molar-refractivity contribution in [1.29, 1.82) is 0 Å². The summed E-state index contributed by atoms with van der Waals surface area (Å²) in [4.78, 5) is 33.4. The fraction of sp³-hybridized carbons (Fsp3) is 0.857. The number of hydrogen-bond acceptors (Lipinski definition) is 9. The van der Waals surface area contributed by atoms with Gasteiger partial charge in [0, 0.05) is 12.8 Å². The van der Waals surface area contributed by atoms with Gasteiger partial charge in [-0.05, 0) is 32.1 Å². The highest BCUT2D eigenvalue weighted by Gasteiger charge is 2.27. The largest absolute Gasteiger partial charge is 0.472 e. The zero-order valence-corrected chi connectivity index (χ0v) is 25.0. The van der Waals surface area contributed by atoms with Crippen molar-refractivity contribution >= 4 is 19.8 Å². The predicted octanol–water partition coefficient (Wildman–Crippen LogP) is 5.77. The number of phosphoric ester groups is 1. The molecule has 0 heterocycles. The molecule has 0 radical (unpaired) electrons. The van der Waals surface area contributed by atoms with Gasteiger partial charge in [-0.1, -0.05) is 83.8 Å². The fourth-order valence-corrected chi connectivity index (χ4v) is 4.40. The number of unbranched alkanes of at least 4 members (excludes halogenated alkanes) is 12. The summed E-state index contributed by atoms with van der Waals surface area (Å²) in [6, 6.07) is 0. The van der Waals surface area contributed by atoms with Crippen LogP contribution in [0.5, 0.6) is 0 Å². The molecule has 39 heavy (non-hydrogen) atoms. The van der Waals surface area contributed by atoms with E-state index in [1.54, 1.807) is 6.92 Å². The Balaban J connectivity index is 4.07. The fourth-order valence-electron chi connectivity index (χ4n) is 3.61. The van der Waals surface area contributed by atoms with Gasteiger partial charge >= 0.3 is 19.8 Å². The molecule has 0 aliphatic carbocycles. The third-order valence-corrected chi connectivity index (χ3v) is 6.92. The monoisotopic (exact) mass is 580 g/mol. The quantitative estimate of drug-likeness (QED) is 0.0473. The van der Waals surface area contributed by atoms with Gasteiger partial charge in [0.1, 0.15) is 12.7 Å². The second kappa shape index (κ2) is 25.7. The lowest BCUT2D eigenvalue weighted by Crippen LogP contribution is -2.29. The summed E-state index contributed by atoms with van der Waals surface area (Å²) in [5.74, 6) is -1.04. The molecule has 0 saturated carbocycles. The summed E-state index contributed by atoms with van der Waals surface area (Å²) in [6.07, 6.45) is 18.7. The summed E-state index contributed by atoms with van der Waals surface area (Å²) < 4.78 is 31.6. The van der Waals surface area contributed by atoms with Crippen LogP contribution >= 0.6 is 7.82 Å². The van der Waals surface area contributed by atoms with Crippen LogP contribution in [0.2, 0.25) is 0 Å². The maximum absolute atomic E-state index is 12.2. The van der Waals surface area contributed by atoms with E-state index in [2.05, 4.69) is 23.6 Å². The molecule has 0 aliphatic rings. The van der Waals surface area contributed by atoms with Gasteiger partial charge in [0.05, 0.1) is 19.8 Å². The van der Waals surface area contributed by atoms with Crippen LogP contribution in [0.4, 0.5) is 0 Å². The summed E-state index contributed by atoms with van der Waals surface area (Å²) in [6.45, 7) is 1.71. The van der Waals surface area contributed by atoms with E-state index in [-0.39, 0.29) is 19.4 Å². The Hall–Kier alpha value is -1.29. The summed E-state index contributed by atoms with van der Waals surface area (Å²) in [7, 11) is -4.57. The van der Waals surface area contributed by atoms with Crippen LogP contribution < -0.4 is 0 Å². The Morgan fingerprint density at radius 1 is 0.769 bits per heavy atom. The number of hydrogen-bond donors (Lipinski definition) is 3. The van der Waals surface area contributed by atoms with Gasteiger partial charge in [-0.3, -0.25) is 18.6 Å². The van der Waals surface area contributed by atoms with E-state index in [4.69, 9.17) is 19.1 Å². The number of rotatable bonds is 27. The molecular weight excluding hydrogens is 527 g/mol. The highest BCUT2D eigenvalue weighted by molar-refractivity contribution is 7.47. The van der Waals surface area contributed by atoms with Crippen LogP contribution in [0.25, 0.3) is 0 Å². The molecule has 0 amide bonds. The van der Waals surface area contributed by atoms with Crippen molar-refractivity contribution < 1.29 is 47.8 Å². The molecule has 0 fully saturated rings. The van der Waals surface area contributed by atoms with Crippen molar-refractivity contribution in [3.63, 3.8) is 0 Å². The minimum atomic E-state index is -4.57. The smallest absolute Gasteiger partial charge is 0.462 e. The maximum atomic E-state index is 12.2. The lowest BCUT2D eigenvalue weighted by Gasteiger charge is -2.20. The predicted molar refractivity (Wildman–Crippen MR) is 150 cm³/mol. The summed E-state index contributed by atoms with van der Waals surface area (Å²) >= 11 is 0. The van der Waals surface area contributed by atoms with Gasteiger partial charge in [-0.25, -0.2) is 4.57 Å². The van der Waals surface area contributed by atoms with E-state index < -0.39 is 51.8 Å². The first-order valence-electron chi connectivity index (χ1n) is 14.6. The second-order valence-corrected chi connectivity index (χ2v) is 11.2. The molecule has 0 rings (SSSR count). The summed E-state index contributed by atoms with van der Waals surface area (Å²) in [5, 5.41) is 18.0. The van der Waals surface area contributed by atoms with E-state index in [9.17, 15) is 24.2 Å². The SMILES string of the molecule is CCCCCCCCC/C=C\CCCCCCCC(=O)OC(COC(=O)CC)COP(=O)(O)OCC(O)CO. The third-order valence-electron chi connectivity index (χ3n) is 5.97. The first-order valence-corrected chi connectivity index (χ1v) is 16.1. The Kier molecular flexibility index (Phi) is 24.8. The first kappa shape index (κ1) is 37.7. The molecule has 0 aromatic heterocycles. The average Bonchev–Trinajstić information content (AvgIpc) is 2.92. The standard InChI is InChI=1S/C28H53O10P/c1-3-5-6-7-8-9-10-11-12-13-14-15-16-17-18-19-20-28(32)38-26(23-35-27(31)4-2)24-37-39(33,34)36-22-25(30)21-29/h12-13,25-26,29-30H,3-11,14-24H2,1-2H3,(H,33,34)/b13-12-. The van der Waals surface area contributed by atoms with Crippen molar-refractivity contribution in [2.75, 3.05) is 26.4 Å². The number of phosphoric acid groups is 1. The normalized spacial score (nSPS) is 14.7. The molecule has 11 heteroatoms. The molecule has 3 N–H and O–H groups in total. The lowest BCUT2D eigenvalue weighted by atomic mass is 10.1. The minimum absolute atomic E-state index is 0.122. The van der Waals surface area contributed by atoms with E-state index in [0.717, 1.165) is 38.5 Å². The van der Waals surface area contributed by atoms with Crippen molar-refractivity contribution in [1.82, 2.24) is 0 Å². The third kappa shape index (κ3) is 25.4. The van der Waals surface area contributed by atoms with Gasteiger partial charge < -0.3 is 24.6 Å². The molecular formula is C28H53O10P. The Morgan fingerprint density at radius 3 is 1.87 bits per heavy atom. The zero-order valence-electron chi connectivity index (χ0n) is 24.1. The zero-order chi connectivity index (χ0) is 29.2. The van der Waals surface area contributed by atoms with Crippen molar-refractivity contribution in [2.45, 2.75) is 129 Å². The first-order chi connectivity index (χ1) is 18.7. The number of allylic oxidation sites excluding steroid dienone is 2. The van der Waals surface area contributed by atoms with Crippen LogP contribution in [0, 0.1) is 0 Å². The topological polar surface area (TPSA) is 149 Å². The van der Waals surface area contributed by atoms with Crippen LogP contribution in [-0.4, -0.2) is 65.7 Å². The molecule has 0 aromatic rings. The molecule has 3 unspecified atom stereocenters. The molecule has 0 aromatic carbocycles. The van der Waals surface area contributed by atoms with Crippen molar-refractivity contribution in [3.05, 3.63) is 12.2 Å². The number of aliphatic hydroxyl groups is 2. The van der Waals surface area contributed by atoms with Gasteiger partial charge in [0.15, 0.2) is 6.10 Å². The lowest BCUT2D eigenvalue weighted by molar-refractivity contribution is -0.161. The molecule has 0 saturated heterocycles. The van der Waals surface area contributed by atoms with Gasteiger partial charge in [-0.2, -0.15) is 0 Å². The highest BCUT2D eigenvalue weighted by atomic mass is 31.2. The van der Waals surface area contributed by atoms with Gasteiger partial charge in [0.2, 0.25) is 0 Å². The van der Waals surface area contributed by atoms with Crippen LogP contribution in [-0.2, 0) is 32.7 Å². The Bertz CT molecular complexity index is 685. The van der Waals surface area contributed by atoms with E-state index in [1.807, 2.05) is 0 Å². The van der Waals surface area contributed by atoms with Crippen LogP contribution in [0.1, 0.15) is 117 Å². The Morgan fingerprint density at radius 2 is 1.31 bits per heavy atom. The van der Waals surface area contributed by atoms with E-state index in [1.165, 1.54) is 44.9 Å². The van der Waals surface area contributed by atoms with E-state index >= 15 is 0 Å². The highest BCUT2D eigenvalue weighted by Crippen LogP contribution is 2.43. The number of aliphatic hydroxyl groups excluding tert-OH is 2. The van der Waals surface area contributed by atoms with Crippen LogP contribution in [0.15, 0.2) is 12.2 Å². The van der Waals surface area contributed by atoms with E-state index in [0.29, 0.717) is 6.42 Å². The molecule has 0 aliphatic heterocycles. The maximum Gasteiger partial charge on any atom is 0.472 e. The molecule has 230 valence electrons. The average molecular weight is 581 g/mol. The van der Waals surface area contributed by atoms with Gasteiger partial charge in [-0.15, -0.1) is 0 Å². The van der Waals surface area contributed by atoms with Crippen molar-refractivity contribution in [3.8, 4) is 0 Å². The number of esters is 2. The molecule has 10 nitrogen and oxygen atoms in total. The number of carbonyl (C=O) groups is 2. The Labute approximate surface area is 235 Å². The minimum Gasteiger partial charge on any atom is -0.462 e. The molecule has 0 bridgehead atoms. The second-order valence-electron chi connectivity index (χ2n) is 9.73. The number of ether oxygens (including phenoxy) is 2.